The van der Waals surface area contributed by atoms with Gasteiger partial charge in [-0.25, -0.2) is 9.18 Å². The lowest BCUT2D eigenvalue weighted by Crippen LogP contribution is -2.32. The lowest BCUT2D eigenvalue weighted by Gasteiger charge is -2.25. The Morgan fingerprint density at radius 3 is 2.16 bits per heavy atom. The maximum absolute atomic E-state index is 13.5. The van der Waals surface area contributed by atoms with Gasteiger partial charge in [-0.1, -0.05) is 54.6 Å². The average Bonchev–Trinajstić information content (AvgIpc) is 2.97. The normalized spacial score (nSPS) is 12.4. The van der Waals surface area contributed by atoms with Gasteiger partial charge in [0.25, 0.3) is 0 Å². The molecule has 1 N–H and O–H groups in total. The smallest absolute Gasteiger partial charge is 0.415 e. The maximum Gasteiger partial charge on any atom is 0.415 e. The number of rotatable bonds is 12. The van der Waals surface area contributed by atoms with Crippen LogP contribution in [0.1, 0.15) is 38.9 Å². The quantitative estimate of drug-likeness (QED) is 0.132. The Morgan fingerprint density at radius 1 is 0.884 bits per heavy atom. The molecule has 0 bridgehead atoms. The number of nitrogens with zero attached hydrogens (tertiary/aromatic N) is 1. The van der Waals surface area contributed by atoms with E-state index < -0.39 is 13.5 Å². The fourth-order valence-electron chi connectivity index (χ4n) is 4.88. The third-order valence-electron chi connectivity index (χ3n) is 6.97. The Balaban J connectivity index is 1.59. The van der Waals surface area contributed by atoms with Gasteiger partial charge in [0.2, 0.25) is 7.37 Å². The molecule has 1 unspecified atom stereocenters. The molecule has 43 heavy (non-hydrogen) atoms. The summed E-state index contributed by atoms with van der Waals surface area (Å²) in [7, 11) is -2.04. The predicted octanol–water partition coefficient (Wildman–Crippen LogP) is 7.61. The van der Waals surface area contributed by atoms with E-state index in [0.717, 1.165) is 38.9 Å². The van der Waals surface area contributed by atoms with E-state index in [2.05, 4.69) is 6.07 Å². The number of hydrogen-bond donors (Lipinski definition) is 1. The van der Waals surface area contributed by atoms with Gasteiger partial charge in [-0.15, -0.1) is 0 Å². The third kappa shape index (κ3) is 9.26. The Hall–Kier alpha value is -3.97. The van der Waals surface area contributed by atoms with Crippen LogP contribution >= 0.6 is 7.37 Å². The van der Waals surface area contributed by atoms with Crippen molar-refractivity contribution in [1.29, 1.82) is 0 Å². The lowest BCUT2D eigenvalue weighted by molar-refractivity contribution is 0.0505. The summed E-state index contributed by atoms with van der Waals surface area (Å²) in [6.07, 6.45) is 0.115. The number of ether oxygens (including phenoxy) is 3. The molecule has 0 aliphatic rings. The summed E-state index contributed by atoms with van der Waals surface area (Å²) in [5, 5.41) is 0. The Morgan fingerprint density at radius 2 is 1.53 bits per heavy atom. The standard InChI is InChI=1S/C34H37FNO6P/c1-24-16-31(36(22-43(4,38)39)34(37)41-21-27-8-6-5-7-9-27)17-25(2)32(24)20-28-12-15-33(42-23-40-3)29(19-28)18-26-10-13-30(35)14-11-26/h5-17,19H,18,20-23H2,1-4H3,(H,38,39). The van der Waals surface area contributed by atoms with Gasteiger partial charge in [0, 0.05) is 25.9 Å². The Kier molecular flexibility index (Phi) is 10.8. The zero-order valence-electron chi connectivity index (χ0n) is 24.9. The van der Waals surface area contributed by atoms with Crippen molar-refractivity contribution in [1.82, 2.24) is 0 Å². The van der Waals surface area contributed by atoms with E-state index in [1.54, 1.807) is 19.2 Å². The van der Waals surface area contributed by atoms with Crippen molar-refractivity contribution in [3.8, 4) is 5.75 Å². The van der Waals surface area contributed by atoms with Crippen LogP contribution in [-0.4, -0.2) is 37.8 Å². The van der Waals surface area contributed by atoms with E-state index in [9.17, 15) is 18.6 Å². The van der Waals surface area contributed by atoms with Gasteiger partial charge < -0.3 is 19.1 Å². The summed E-state index contributed by atoms with van der Waals surface area (Å²) in [5.41, 5.74) is 7.19. The highest BCUT2D eigenvalue weighted by atomic mass is 31.2. The minimum absolute atomic E-state index is 0.0516. The van der Waals surface area contributed by atoms with Crippen molar-refractivity contribution in [3.63, 3.8) is 0 Å². The van der Waals surface area contributed by atoms with E-state index in [4.69, 9.17) is 14.2 Å². The summed E-state index contributed by atoms with van der Waals surface area (Å²) in [4.78, 5) is 24.5. The van der Waals surface area contributed by atoms with Crippen LogP contribution in [0.2, 0.25) is 0 Å². The second-order valence-electron chi connectivity index (χ2n) is 10.7. The van der Waals surface area contributed by atoms with Crippen molar-refractivity contribution in [2.75, 3.05) is 31.8 Å². The molecular weight excluding hydrogens is 568 g/mol. The molecule has 4 aromatic carbocycles. The van der Waals surface area contributed by atoms with Gasteiger partial charge in [0.15, 0.2) is 6.79 Å². The fourth-order valence-corrected chi connectivity index (χ4v) is 5.68. The molecule has 226 valence electrons. The summed E-state index contributed by atoms with van der Waals surface area (Å²) in [6.45, 7) is 5.30. The second-order valence-corrected chi connectivity index (χ2v) is 13.1. The molecule has 9 heteroatoms. The van der Waals surface area contributed by atoms with Crippen molar-refractivity contribution < 1.29 is 32.9 Å². The first-order valence-electron chi connectivity index (χ1n) is 13.9. The molecule has 7 nitrogen and oxygen atoms in total. The summed E-state index contributed by atoms with van der Waals surface area (Å²) < 4.78 is 42.3. The van der Waals surface area contributed by atoms with E-state index in [1.807, 2.05) is 68.4 Å². The molecule has 0 aliphatic carbocycles. The molecule has 0 aromatic heterocycles. The molecule has 1 amide bonds. The number of benzene rings is 4. The highest BCUT2D eigenvalue weighted by Crippen LogP contribution is 2.39. The molecule has 0 saturated heterocycles. The van der Waals surface area contributed by atoms with E-state index in [1.165, 1.54) is 23.7 Å². The highest BCUT2D eigenvalue weighted by Gasteiger charge is 2.25. The van der Waals surface area contributed by atoms with E-state index in [0.29, 0.717) is 24.3 Å². The summed E-state index contributed by atoms with van der Waals surface area (Å²) in [6, 6.07) is 25.4. The number of halogens is 1. The van der Waals surface area contributed by atoms with Crippen LogP contribution < -0.4 is 9.64 Å². The van der Waals surface area contributed by atoms with Gasteiger partial charge in [0.1, 0.15) is 24.5 Å². The minimum atomic E-state index is -3.60. The van der Waals surface area contributed by atoms with E-state index in [-0.39, 0.29) is 25.5 Å². The zero-order valence-corrected chi connectivity index (χ0v) is 25.8. The largest absolute Gasteiger partial charge is 0.467 e. The van der Waals surface area contributed by atoms with Crippen LogP contribution in [0.3, 0.4) is 0 Å². The molecule has 0 heterocycles. The summed E-state index contributed by atoms with van der Waals surface area (Å²) >= 11 is 0. The van der Waals surface area contributed by atoms with Crippen LogP contribution in [0.4, 0.5) is 14.9 Å². The minimum Gasteiger partial charge on any atom is -0.467 e. The van der Waals surface area contributed by atoms with Gasteiger partial charge in [0.05, 0.1) is 0 Å². The highest BCUT2D eigenvalue weighted by molar-refractivity contribution is 7.57. The number of carbonyl (C=O) groups excluding carboxylic acids is 1. The van der Waals surface area contributed by atoms with Gasteiger partial charge >= 0.3 is 6.09 Å². The van der Waals surface area contributed by atoms with Crippen LogP contribution in [0.25, 0.3) is 0 Å². The SMILES string of the molecule is COCOc1ccc(Cc2c(C)cc(N(CP(C)(=O)O)C(=O)OCc3ccccc3)cc2C)cc1Cc1ccc(F)cc1. The maximum atomic E-state index is 13.5. The molecule has 0 radical (unpaired) electrons. The Bertz CT molecular complexity index is 1560. The molecule has 0 saturated carbocycles. The number of anilines is 1. The first kappa shape index (κ1) is 32.0. The number of carbonyl (C=O) groups is 1. The summed E-state index contributed by atoms with van der Waals surface area (Å²) in [5.74, 6) is 0.405. The molecule has 4 rings (SSSR count). The second kappa shape index (κ2) is 14.5. The average molecular weight is 606 g/mol. The van der Waals surface area contributed by atoms with Crippen molar-refractivity contribution in [3.05, 3.63) is 130 Å². The topological polar surface area (TPSA) is 85.3 Å². The van der Waals surface area contributed by atoms with Crippen molar-refractivity contribution in [2.45, 2.75) is 33.3 Å². The van der Waals surface area contributed by atoms with Crippen molar-refractivity contribution >= 4 is 19.1 Å². The van der Waals surface area contributed by atoms with Crippen molar-refractivity contribution in [2.24, 2.45) is 0 Å². The number of methoxy groups -OCH3 is 1. The molecule has 0 aliphatic heterocycles. The molecule has 1 atom stereocenters. The predicted molar refractivity (Wildman–Crippen MR) is 167 cm³/mol. The zero-order chi connectivity index (χ0) is 31.0. The number of hydrogen-bond acceptors (Lipinski definition) is 5. The molecular formula is C34H37FNO6P. The van der Waals surface area contributed by atoms with Gasteiger partial charge in [-0.05, 0) is 89.5 Å². The first-order chi connectivity index (χ1) is 20.5. The third-order valence-corrected chi connectivity index (χ3v) is 7.78. The number of amides is 1. The van der Waals surface area contributed by atoms with E-state index >= 15 is 0 Å². The molecule has 0 spiro atoms. The lowest BCUT2D eigenvalue weighted by atomic mass is 9.93. The van der Waals surface area contributed by atoms with Gasteiger partial charge in [-0.2, -0.15) is 0 Å². The Labute approximate surface area is 252 Å². The monoisotopic (exact) mass is 605 g/mol. The van der Waals surface area contributed by atoms with Crippen LogP contribution in [0.5, 0.6) is 5.75 Å². The first-order valence-corrected chi connectivity index (χ1v) is 16.2. The van der Waals surface area contributed by atoms with Crippen LogP contribution in [-0.2, 0) is 33.5 Å². The fraction of sp³-hybridized carbons (Fsp3) is 0.265. The number of aryl methyl sites for hydroxylation is 2. The van der Waals surface area contributed by atoms with Crippen LogP contribution in [0.15, 0.2) is 84.9 Å². The van der Waals surface area contributed by atoms with Gasteiger partial charge in [-0.3, -0.25) is 9.46 Å². The van der Waals surface area contributed by atoms with Crippen LogP contribution in [0, 0.1) is 19.7 Å². The molecule has 0 fully saturated rings. The molecule has 4 aromatic rings.